The number of fused-ring (bicyclic) bond motifs is 16. The first-order valence-corrected chi connectivity index (χ1v) is 30.7. The molecular weight excluding hydrogens is 1100 g/mol. The minimum atomic E-state index is -0.239. The first-order valence-electron chi connectivity index (χ1n) is 30.7. The van der Waals surface area contributed by atoms with Gasteiger partial charge in [-0.2, -0.15) is 15.0 Å². The second-order valence-electron chi connectivity index (χ2n) is 24.3. The number of para-hydroxylation sites is 6. The molecule has 0 saturated carbocycles. The molecule has 19 rings (SSSR count). The normalized spacial score (nSPS) is 12.9. The SMILES string of the molecule is CC1(C)c2ccccc2-c2cc3c4ccccc4n(-c4nc(-c5ccc(N(c6ccccc6)c6ccc7c8ccccc8n(-c8ccccc8)c7c6)c6ccccc56)nc(-n5c6ccccc6c6cc(-c7ccc8oc9ccccc9c8c7)ccc65)n4)c3cc21. The second kappa shape index (κ2) is 19.1. The van der Waals surface area contributed by atoms with Gasteiger partial charge in [-0.05, 0) is 148 Å². The zero-order chi connectivity index (χ0) is 59.3. The number of benzene rings is 13. The molecule has 18 aromatic rings. The van der Waals surface area contributed by atoms with E-state index in [4.69, 9.17) is 19.4 Å². The van der Waals surface area contributed by atoms with E-state index in [0.717, 1.165) is 127 Å². The van der Waals surface area contributed by atoms with E-state index in [2.05, 4.69) is 305 Å². The first kappa shape index (κ1) is 50.3. The van der Waals surface area contributed by atoms with Crippen molar-refractivity contribution in [1.82, 2.24) is 28.7 Å². The maximum atomic E-state index is 6.28. The van der Waals surface area contributed by atoms with Crippen molar-refractivity contribution in [2.24, 2.45) is 0 Å². The largest absolute Gasteiger partial charge is 0.456 e. The molecular formula is C82H53N7O. The standard InChI is InChI=1S/C82H53N7O/c1-82(2)68-32-16-11-26-56(68)64-48-66-60-30-14-19-35-72(60)89(76(66)49-69(64)82)81-84-79(83-80(85-81)88-71-34-18-13-29-59(71)65-45-50(37-42-74(65)88)51-38-44-78-67(46-51)62-31-15-20-36-77(62)90-78)63-41-43-73(57-27-10-9-25-55(57)63)86(52-21-5-3-6-22-52)54-39-40-61-58-28-12-17-33-70(58)87(75(61)47-54)53-23-7-4-8-24-53/h3-49H,1-2H3. The molecule has 0 saturated heterocycles. The van der Waals surface area contributed by atoms with E-state index < -0.39 is 0 Å². The molecule has 422 valence electrons. The quantitative estimate of drug-likeness (QED) is 0.152. The Hall–Kier alpha value is -11.9. The highest BCUT2D eigenvalue weighted by Crippen LogP contribution is 2.52. The number of aromatic nitrogens is 6. The summed E-state index contributed by atoms with van der Waals surface area (Å²) in [5.74, 6) is 1.60. The highest BCUT2D eigenvalue weighted by Gasteiger charge is 2.36. The fourth-order valence-corrected chi connectivity index (χ4v) is 15.0. The van der Waals surface area contributed by atoms with Gasteiger partial charge in [0.2, 0.25) is 11.9 Å². The number of nitrogens with zero attached hydrogens (tertiary/aromatic N) is 7. The molecule has 8 heteroatoms. The van der Waals surface area contributed by atoms with E-state index in [-0.39, 0.29) is 5.41 Å². The summed E-state index contributed by atoms with van der Waals surface area (Å²) in [6.45, 7) is 4.69. The average molecular weight is 1150 g/mol. The fourth-order valence-electron chi connectivity index (χ4n) is 15.0. The summed E-state index contributed by atoms with van der Waals surface area (Å²) in [5, 5.41) is 11.1. The van der Waals surface area contributed by atoms with Gasteiger partial charge in [0.25, 0.3) is 0 Å². The van der Waals surface area contributed by atoms with Crippen LogP contribution in [0.2, 0.25) is 0 Å². The molecule has 13 aromatic carbocycles. The highest BCUT2D eigenvalue weighted by molar-refractivity contribution is 6.15. The van der Waals surface area contributed by atoms with E-state index in [1.54, 1.807) is 0 Å². The summed E-state index contributed by atoms with van der Waals surface area (Å²) in [7, 11) is 0. The van der Waals surface area contributed by atoms with Crippen LogP contribution in [0.25, 0.3) is 149 Å². The van der Waals surface area contributed by atoms with Crippen LogP contribution in [0.15, 0.2) is 290 Å². The Balaban J connectivity index is 0.849. The lowest BCUT2D eigenvalue weighted by molar-refractivity contribution is 0.661. The van der Waals surface area contributed by atoms with Crippen molar-refractivity contribution in [3.05, 3.63) is 296 Å². The van der Waals surface area contributed by atoms with Crippen LogP contribution in [-0.4, -0.2) is 28.7 Å². The van der Waals surface area contributed by atoms with E-state index in [9.17, 15) is 0 Å². The first-order chi connectivity index (χ1) is 44.4. The summed E-state index contributed by atoms with van der Waals surface area (Å²) in [6.07, 6.45) is 0. The monoisotopic (exact) mass is 1150 g/mol. The topological polar surface area (TPSA) is 69.8 Å². The predicted octanol–water partition coefficient (Wildman–Crippen LogP) is 21.3. The Morgan fingerprint density at radius 3 is 1.59 bits per heavy atom. The fraction of sp³-hybridized carbons (Fsp3) is 0.0366. The van der Waals surface area contributed by atoms with Gasteiger partial charge in [0.05, 0.1) is 38.8 Å². The minimum absolute atomic E-state index is 0.239. The molecule has 0 spiro atoms. The van der Waals surface area contributed by atoms with E-state index in [0.29, 0.717) is 17.7 Å². The van der Waals surface area contributed by atoms with Gasteiger partial charge in [-0.25, -0.2) is 0 Å². The summed E-state index contributed by atoms with van der Waals surface area (Å²) in [4.78, 5) is 19.5. The van der Waals surface area contributed by atoms with Crippen molar-refractivity contribution < 1.29 is 4.42 Å². The molecule has 0 radical (unpaired) electrons. The van der Waals surface area contributed by atoms with E-state index in [1.165, 1.54) is 33.0 Å². The lowest BCUT2D eigenvalue weighted by Gasteiger charge is -2.27. The molecule has 5 aromatic heterocycles. The Bertz CT molecular complexity index is 6030. The lowest BCUT2D eigenvalue weighted by Crippen LogP contribution is -2.15. The Morgan fingerprint density at radius 2 is 0.844 bits per heavy atom. The number of furan rings is 1. The summed E-state index contributed by atoms with van der Waals surface area (Å²) in [5.41, 5.74) is 20.3. The summed E-state index contributed by atoms with van der Waals surface area (Å²) in [6, 6.07) is 103. The van der Waals surface area contributed by atoms with Crippen LogP contribution in [0, 0.1) is 0 Å². The molecule has 0 N–H and O–H groups in total. The molecule has 8 nitrogen and oxygen atoms in total. The predicted molar refractivity (Wildman–Crippen MR) is 371 cm³/mol. The maximum Gasteiger partial charge on any atom is 0.240 e. The van der Waals surface area contributed by atoms with Crippen molar-refractivity contribution >= 4 is 115 Å². The average Bonchev–Trinajstić information content (AvgIpc) is 1.59. The maximum absolute atomic E-state index is 6.28. The summed E-state index contributed by atoms with van der Waals surface area (Å²) >= 11 is 0. The second-order valence-corrected chi connectivity index (χ2v) is 24.3. The van der Waals surface area contributed by atoms with Gasteiger partial charge in [-0.1, -0.05) is 190 Å². The molecule has 5 heterocycles. The Labute approximate surface area is 517 Å². The molecule has 0 atom stereocenters. The number of hydrogen-bond acceptors (Lipinski definition) is 5. The van der Waals surface area contributed by atoms with Crippen LogP contribution >= 0.6 is 0 Å². The molecule has 90 heavy (non-hydrogen) atoms. The van der Waals surface area contributed by atoms with Crippen LogP contribution in [0.5, 0.6) is 0 Å². The smallest absolute Gasteiger partial charge is 0.240 e. The summed E-state index contributed by atoms with van der Waals surface area (Å²) < 4.78 is 13.2. The van der Waals surface area contributed by atoms with E-state index >= 15 is 0 Å². The van der Waals surface area contributed by atoms with Crippen molar-refractivity contribution in [3.8, 4) is 51.2 Å². The van der Waals surface area contributed by atoms with Crippen molar-refractivity contribution in [3.63, 3.8) is 0 Å². The molecule has 0 aliphatic heterocycles. The lowest BCUT2D eigenvalue weighted by atomic mass is 9.82. The van der Waals surface area contributed by atoms with Gasteiger partial charge in [-0.15, -0.1) is 0 Å². The Kier molecular flexibility index (Phi) is 10.7. The highest BCUT2D eigenvalue weighted by atomic mass is 16.3. The van der Waals surface area contributed by atoms with Crippen molar-refractivity contribution in [2.45, 2.75) is 19.3 Å². The van der Waals surface area contributed by atoms with Gasteiger partial charge < -0.3 is 13.9 Å². The minimum Gasteiger partial charge on any atom is -0.456 e. The van der Waals surface area contributed by atoms with Crippen molar-refractivity contribution in [1.29, 1.82) is 0 Å². The van der Waals surface area contributed by atoms with E-state index in [1.807, 2.05) is 12.1 Å². The molecule has 1 aliphatic carbocycles. The van der Waals surface area contributed by atoms with Gasteiger partial charge >= 0.3 is 0 Å². The Morgan fingerprint density at radius 1 is 0.311 bits per heavy atom. The van der Waals surface area contributed by atoms with Gasteiger partial charge in [0.15, 0.2) is 5.82 Å². The zero-order valence-corrected chi connectivity index (χ0v) is 49.2. The third-order valence-electron chi connectivity index (χ3n) is 19.1. The molecule has 0 unspecified atom stereocenters. The van der Waals surface area contributed by atoms with Crippen LogP contribution < -0.4 is 4.90 Å². The third-order valence-corrected chi connectivity index (χ3v) is 19.1. The van der Waals surface area contributed by atoms with Crippen LogP contribution in [0.3, 0.4) is 0 Å². The number of anilines is 3. The molecule has 0 bridgehead atoms. The number of hydrogen-bond donors (Lipinski definition) is 0. The van der Waals surface area contributed by atoms with Crippen LogP contribution in [-0.2, 0) is 5.41 Å². The van der Waals surface area contributed by atoms with Crippen molar-refractivity contribution in [2.75, 3.05) is 4.90 Å². The third kappa shape index (κ3) is 7.33. The van der Waals surface area contributed by atoms with Crippen LogP contribution in [0.4, 0.5) is 17.1 Å². The number of rotatable bonds is 8. The molecule has 1 aliphatic rings. The van der Waals surface area contributed by atoms with Gasteiger partial charge in [0.1, 0.15) is 11.2 Å². The molecule has 0 fully saturated rings. The van der Waals surface area contributed by atoms with Gasteiger partial charge in [-0.3, -0.25) is 9.13 Å². The molecule has 0 amide bonds. The zero-order valence-electron chi connectivity index (χ0n) is 49.2. The van der Waals surface area contributed by atoms with Gasteiger partial charge in [0, 0.05) is 76.5 Å². The van der Waals surface area contributed by atoms with Crippen LogP contribution in [0.1, 0.15) is 25.0 Å².